The van der Waals surface area contributed by atoms with E-state index in [0.717, 1.165) is 0 Å². The molecule has 0 aliphatic carbocycles. The Morgan fingerprint density at radius 3 is 1.70 bits per heavy atom. The molecule has 0 radical (unpaired) electrons. The first-order chi connectivity index (χ1) is 4.61. The van der Waals surface area contributed by atoms with Gasteiger partial charge >= 0.3 is 0 Å². The Hall–Kier alpha value is 1.65. The predicted molar refractivity (Wildman–Crippen MR) is 55.7 cm³/mol. The van der Waals surface area contributed by atoms with Crippen molar-refractivity contribution in [1.29, 1.82) is 0 Å². The molecule has 0 bridgehead atoms. The van der Waals surface area contributed by atoms with Crippen LogP contribution >= 0.6 is 46.5 Å². The highest BCUT2D eigenvalue weighted by molar-refractivity contribution is 9.07. The van der Waals surface area contributed by atoms with Crippen LogP contribution in [0.2, 0.25) is 0 Å². The summed E-state index contributed by atoms with van der Waals surface area (Å²) in [6.45, 7) is 0. The summed E-state index contributed by atoms with van der Waals surface area (Å²) in [5, 5.41) is 0. The van der Waals surface area contributed by atoms with Crippen molar-refractivity contribution >= 4 is 46.5 Å². The van der Waals surface area contributed by atoms with Crippen molar-refractivity contribution in [1.82, 2.24) is 0 Å². The van der Waals surface area contributed by atoms with Crippen LogP contribution in [0, 0.1) is 0 Å². The van der Waals surface area contributed by atoms with Crippen molar-refractivity contribution in [2.75, 3.05) is 12.3 Å². The summed E-state index contributed by atoms with van der Waals surface area (Å²) in [7, 11) is 15.6. The van der Waals surface area contributed by atoms with E-state index in [2.05, 4.69) is 0 Å². The van der Waals surface area contributed by atoms with E-state index in [1.165, 1.54) is 31.6 Å². The van der Waals surface area contributed by atoms with E-state index in [9.17, 15) is 0 Å². The quantitative estimate of drug-likeness (QED) is 0.575. The van der Waals surface area contributed by atoms with Crippen LogP contribution in [0.15, 0.2) is 0 Å². The molecular formula is C5H10Cl3PS. The van der Waals surface area contributed by atoms with Crippen LogP contribution in [0.5, 0.6) is 0 Å². The molecule has 0 spiro atoms. The molecule has 62 valence electrons. The molecule has 1 rings (SSSR count). The molecule has 0 amide bonds. The van der Waals surface area contributed by atoms with Gasteiger partial charge in [0, 0.05) is 7.29 Å². The van der Waals surface area contributed by atoms with Crippen molar-refractivity contribution < 1.29 is 0 Å². The van der Waals surface area contributed by atoms with E-state index < -0.39 is 7.29 Å². The average Bonchev–Trinajstić information content (AvgIpc) is 1.88. The summed E-state index contributed by atoms with van der Waals surface area (Å²) in [4.78, 5) is 0. The van der Waals surface area contributed by atoms with Crippen molar-refractivity contribution in [3.63, 3.8) is 0 Å². The fourth-order valence-corrected chi connectivity index (χ4v) is 8.61. The fraction of sp³-hybridized carbons (Fsp3) is 1.00. The van der Waals surface area contributed by atoms with Gasteiger partial charge in [-0.2, -0.15) is 0 Å². The van der Waals surface area contributed by atoms with Gasteiger partial charge in [0.05, 0.1) is 0 Å². The van der Waals surface area contributed by atoms with Crippen LogP contribution in [-0.4, -0.2) is 12.3 Å². The fourth-order valence-electron chi connectivity index (χ4n) is 1.07. The lowest BCUT2D eigenvalue weighted by Crippen LogP contribution is -1.97. The Balaban J connectivity index is 2.39. The first-order valence-electron chi connectivity index (χ1n) is 3.28. The summed E-state index contributed by atoms with van der Waals surface area (Å²) in [5.74, 6) is 0. The zero-order valence-corrected chi connectivity index (χ0v) is 9.50. The Kier molecular flexibility index (Phi) is 3.94. The second-order valence-corrected chi connectivity index (χ2v) is 15.7. The summed E-state index contributed by atoms with van der Waals surface area (Å²) in [5.41, 5.74) is 0. The molecular weight excluding hydrogens is 229 g/mol. The third-order valence-electron chi connectivity index (χ3n) is 1.61. The lowest BCUT2D eigenvalue weighted by molar-refractivity contribution is 0.757. The molecule has 5 heteroatoms. The van der Waals surface area contributed by atoms with Gasteiger partial charge in [-0.3, -0.25) is 0 Å². The molecule has 1 fully saturated rings. The minimum Gasteiger partial charge on any atom is -0.0526 e. The molecule has 1 aliphatic rings. The predicted octanol–water partition coefficient (Wildman–Crippen LogP) is 4.83. The molecule has 1 heterocycles. The van der Waals surface area contributed by atoms with Gasteiger partial charge < -0.3 is 0 Å². The Labute approximate surface area is 77.9 Å². The molecule has 0 unspecified atom stereocenters. The van der Waals surface area contributed by atoms with Crippen molar-refractivity contribution in [3.8, 4) is 0 Å². The topological polar surface area (TPSA) is 0 Å². The zero-order chi connectivity index (χ0) is 7.61. The highest BCUT2D eigenvalue weighted by atomic mass is 36.2. The van der Waals surface area contributed by atoms with Gasteiger partial charge in [-0.15, -0.1) is 0 Å². The van der Waals surface area contributed by atoms with Crippen LogP contribution in [0.3, 0.4) is 0 Å². The van der Waals surface area contributed by atoms with Crippen molar-refractivity contribution in [2.24, 2.45) is 0 Å². The summed E-state index contributed by atoms with van der Waals surface area (Å²) >= 11 is 0. The monoisotopic (exact) mass is 238 g/mol. The van der Waals surface area contributed by atoms with Gasteiger partial charge in [0.1, 0.15) is 0 Å². The molecule has 0 aromatic rings. The molecule has 10 heavy (non-hydrogen) atoms. The van der Waals surface area contributed by atoms with Crippen LogP contribution in [0.25, 0.3) is 0 Å². The molecule has 0 atom stereocenters. The maximum absolute atomic E-state index is 5.85. The first-order valence-corrected chi connectivity index (χ1v) is 9.71. The maximum atomic E-state index is 5.85. The largest absolute Gasteiger partial charge is 0.0526 e. The number of hydrogen-bond donors (Lipinski definition) is 0. The minimum atomic E-state index is -1.74. The average molecular weight is 240 g/mol. The Bertz CT molecular complexity index is 108. The standard InChI is InChI=1S/C5H10Cl3PS/c6-10(7,8)9-4-2-1-3-5-9/h1-5H2. The SMILES string of the molecule is ClS(Cl)(Cl)P1CCCCC1. The number of halogens is 3. The van der Waals surface area contributed by atoms with Crippen LogP contribution < -0.4 is 0 Å². The number of hydrogen-bond acceptors (Lipinski definition) is 0. The van der Waals surface area contributed by atoms with E-state index in [-0.39, 0.29) is 7.12 Å². The summed E-state index contributed by atoms with van der Waals surface area (Å²) in [6.07, 6.45) is 6.24. The van der Waals surface area contributed by atoms with Crippen LogP contribution in [0.4, 0.5) is 0 Å². The van der Waals surface area contributed by atoms with Crippen LogP contribution in [0.1, 0.15) is 19.3 Å². The van der Waals surface area contributed by atoms with Gasteiger partial charge in [-0.1, -0.05) is 6.42 Å². The van der Waals surface area contributed by atoms with Gasteiger partial charge in [-0.05, 0) is 64.3 Å². The Morgan fingerprint density at radius 1 is 0.900 bits per heavy atom. The molecule has 0 N–H and O–H groups in total. The third-order valence-corrected chi connectivity index (χ3v) is 11.9. The smallest absolute Gasteiger partial charge is 0.0145 e. The highest BCUT2D eigenvalue weighted by Gasteiger charge is 2.28. The molecule has 1 saturated heterocycles. The second kappa shape index (κ2) is 4.05. The van der Waals surface area contributed by atoms with Crippen molar-refractivity contribution in [3.05, 3.63) is 0 Å². The maximum Gasteiger partial charge on any atom is 0.0145 e. The zero-order valence-electron chi connectivity index (χ0n) is 5.52. The molecule has 0 saturated carbocycles. The van der Waals surface area contributed by atoms with E-state index >= 15 is 0 Å². The summed E-state index contributed by atoms with van der Waals surface area (Å²) in [6, 6.07) is 0. The highest BCUT2D eigenvalue weighted by Crippen LogP contribution is 2.86. The molecule has 0 aromatic carbocycles. The molecule has 1 aliphatic heterocycles. The third kappa shape index (κ3) is 2.95. The van der Waals surface area contributed by atoms with Gasteiger partial charge in [0.15, 0.2) is 0 Å². The minimum absolute atomic E-state index is 0.233. The normalized spacial score (nSPS) is 24.7. The van der Waals surface area contributed by atoms with Gasteiger partial charge in [-0.25, -0.2) is 0 Å². The van der Waals surface area contributed by atoms with Gasteiger partial charge in [0.25, 0.3) is 0 Å². The summed E-state index contributed by atoms with van der Waals surface area (Å²) < 4.78 is 0. The van der Waals surface area contributed by atoms with Crippen molar-refractivity contribution in [2.45, 2.75) is 19.3 Å². The Morgan fingerprint density at radius 2 is 1.40 bits per heavy atom. The van der Waals surface area contributed by atoms with E-state index in [4.69, 9.17) is 32.0 Å². The van der Waals surface area contributed by atoms with E-state index in [0.29, 0.717) is 0 Å². The van der Waals surface area contributed by atoms with Crippen LogP contribution in [-0.2, 0) is 0 Å². The van der Waals surface area contributed by atoms with E-state index in [1.54, 1.807) is 0 Å². The molecule has 0 nitrogen and oxygen atoms in total. The lowest BCUT2D eigenvalue weighted by Gasteiger charge is -2.30. The number of rotatable bonds is 1. The lowest BCUT2D eigenvalue weighted by atomic mass is 10.3. The van der Waals surface area contributed by atoms with Gasteiger partial charge in [0.2, 0.25) is 0 Å². The molecule has 0 aromatic heterocycles. The second-order valence-electron chi connectivity index (χ2n) is 2.37. The van der Waals surface area contributed by atoms with E-state index in [1.807, 2.05) is 0 Å². The first kappa shape index (κ1) is 9.74.